The number of nitrogens with zero attached hydrogens (tertiary/aromatic N) is 4. The van der Waals surface area contributed by atoms with Crippen LogP contribution < -0.4 is 27.0 Å². The van der Waals surface area contributed by atoms with E-state index < -0.39 is 5.91 Å². The van der Waals surface area contributed by atoms with Crippen molar-refractivity contribution in [3.8, 4) is 0 Å². The van der Waals surface area contributed by atoms with E-state index >= 15 is 0 Å². The molecule has 0 radical (unpaired) electrons. The lowest BCUT2D eigenvalue weighted by Crippen LogP contribution is -2.43. The van der Waals surface area contributed by atoms with E-state index in [0.29, 0.717) is 18.8 Å². The highest BCUT2D eigenvalue weighted by Gasteiger charge is 2.24. The summed E-state index contributed by atoms with van der Waals surface area (Å²) in [6.45, 7) is 1.08. The van der Waals surface area contributed by atoms with E-state index in [1.54, 1.807) is 17.0 Å². The Kier molecular flexibility index (Phi) is 6.23. The first-order valence-corrected chi connectivity index (χ1v) is 10.3. The molecule has 2 heterocycles. The summed E-state index contributed by atoms with van der Waals surface area (Å²) in [6, 6.07) is 7.26. The fourth-order valence-electron chi connectivity index (χ4n) is 3.80. The van der Waals surface area contributed by atoms with Crippen LogP contribution in [-0.4, -0.2) is 58.8 Å². The maximum atomic E-state index is 12.0. The second-order valence-corrected chi connectivity index (χ2v) is 7.67. The van der Waals surface area contributed by atoms with Crippen molar-refractivity contribution in [2.24, 2.45) is 11.5 Å². The Bertz CT molecular complexity index is 952. The van der Waals surface area contributed by atoms with Crippen molar-refractivity contribution in [1.82, 2.24) is 15.2 Å². The minimum absolute atomic E-state index is 0.0139. The molecular weight excluding hydrogens is 400 g/mol. The monoisotopic (exact) mass is 426 g/mol. The fraction of sp³-hybridized carbons (Fsp3) is 0.450. The van der Waals surface area contributed by atoms with E-state index in [4.69, 9.17) is 16.2 Å². The average molecular weight is 426 g/mol. The number of aromatic nitrogens is 3. The van der Waals surface area contributed by atoms with Crippen LogP contribution in [0.3, 0.4) is 0 Å². The highest BCUT2D eigenvalue weighted by Crippen LogP contribution is 2.24. The molecule has 6 N–H and O–H groups in total. The van der Waals surface area contributed by atoms with Crippen molar-refractivity contribution in [3.63, 3.8) is 0 Å². The van der Waals surface area contributed by atoms with Crippen molar-refractivity contribution >= 4 is 35.0 Å². The maximum absolute atomic E-state index is 12.0. The molecule has 11 nitrogen and oxygen atoms in total. The third-order valence-electron chi connectivity index (χ3n) is 5.48. The topological polar surface area (TPSA) is 161 Å². The van der Waals surface area contributed by atoms with Crippen LogP contribution >= 0.6 is 0 Å². The number of rotatable bonds is 6. The Labute approximate surface area is 179 Å². The van der Waals surface area contributed by atoms with Gasteiger partial charge in [0.1, 0.15) is 6.61 Å². The second kappa shape index (κ2) is 9.23. The molecule has 1 aliphatic carbocycles. The van der Waals surface area contributed by atoms with E-state index in [9.17, 15) is 9.59 Å². The second-order valence-electron chi connectivity index (χ2n) is 7.67. The summed E-state index contributed by atoms with van der Waals surface area (Å²) in [5.41, 5.74) is 13.0. The van der Waals surface area contributed by atoms with Gasteiger partial charge < -0.3 is 31.7 Å². The van der Waals surface area contributed by atoms with Gasteiger partial charge in [0, 0.05) is 30.0 Å². The molecule has 2 fully saturated rings. The summed E-state index contributed by atoms with van der Waals surface area (Å²) in [4.78, 5) is 29.9. The van der Waals surface area contributed by atoms with Gasteiger partial charge in [-0.05, 0) is 37.1 Å². The predicted molar refractivity (Wildman–Crippen MR) is 115 cm³/mol. The van der Waals surface area contributed by atoms with Gasteiger partial charge in [-0.3, -0.25) is 9.59 Å². The van der Waals surface area contributed by atoms with Crippen LogP contribution in [0.15, 0.2) is 24.3 Å². The van der Waals surface area contributed by atoms with Crippen molar-refractivity contribution in [3.05, 3.63) is 30.0 Å². The number of amides is 2. The largest absolute Gasteiger partial charge is 0.370 e. The number of benzene rings is 1. The lowest BCUT2D eigenvalue weighted by molar-refractivity contribution is -0.125. The standard InChI is InChI=1S/C20H26N8O3/c21-14-3-1-2-4-15(14)24-20-25-19(17(18(22)30)26-27-20)23-12-5-7-13(8-6-12)28-9-10-31-11-16(28)29/h5-8,14-15H,1-4,9-11,21H2,(H2,22,30)(H2,23,24,25,27)/t14-,15+/m0/s1. The molecule has 1 aliphatic heterocycles. The van der Waals surface area contributed by atoms with Gasteiger partial charge in [-0.25, -0.2) is 0 Å². The Balaban J connectivity index is 1.52. The molecule has 1 saturated carbocycles. The van der Waals surface area contributed by atoms with Crippen LogP contribution in [0.2, 0.25) is 0 Å². The molecule has 4 rings (SSSR count). The maximum Gasteiger partial charge on any atom is 0.273 e. The summed E-state index contributed by atoms with van der Waals surface area (Å²) in [5, 5.41) is 14.2. The van der Waals surface area contributed by atoms with Crippen LogP contribution in [0, 0.1) is 0 Å². The van der Waals surface area contributed by atoms with Crippen molar-refractivity contribution in [1.29, 1.82) is 0 Å². The molecule has 2 amide bonds. The van der Waals surface area contributed by atoms with E-state index in [1.165, 1.54) is 0 Å². The molecule has 2 aromatic rings. The molecule has 1 saturated heterocycles. The van der Waals surface area contributed by atoms with E-state index in [2.05, 4.69) is 25.8 Å². The molecule has 2 atom stereocenters. The molecule has 164 valence electrons. The minimum atomic E-state index is -0.737. The van der Waals surface area contributed by atoms with Crippen molar-refractivity contribution in [2.75, 3.05) is 35.3 Å². The summed E-state index contributed by atoms with van der Waals surface area (Å²) in [7, 11) is 0. The number of primary amides is 1. The lowest BCUT2D eigenvalue weighted by atomic mass is 9.91. The fourth-order valence-corrected chi connectivity index (χ4v) is 3.80. The summed E-state index contributed by atoms with van der Waals surface area (Å²) in [6.07, 6.45) is 4.05. The van der Waals surface area contributed by atoms with Gasteiger partial charge in [0.25, 0.3) is 11.8 Å². The Morgan fingerprint density at radius 1 is 1.16 bits per heavy atom. The predicted octanol–water partition coefficient (Wildman–Crippen LogP) is 0.759. The summed E-state index contributed by atoms with van der Waals surface area (Å²) in [5.74, 6) is -0.339. The first-order valence-electron chi connectivity index (χ1n) is 10.3. The molecule has 0 bridgehead atoms. The summed E-state index contributed by atoms with van der Waals surface area (Å²) < 4.78 is 5.16. The molecule has 1 aromatic heterocycles. The SMILES string of the molecule is NC(=O)c1nnc(N[C@@H]2CCCC[C@@H]2N)nc1Nc1ccc(N2CCOCC2=O)cc1. The quantitative estimate of drug-likeness (QED) is 0.522. The van der Waals surface area contributed by atoms with Gasteiger partial charge in [0.15, 0.2) is 11.5 Å². The average Bonchev–Trinajstić information content (AvgIpc) is 2.76. The van der Waals surface area contributed by atoms with E-state index in [1.807, 2.05) is 12.1 Å². The number of nitrogens with one attached hydrogen (secondary N) is 2. The number of anilines is 4. The molecule has 2 aliphatic rings. The third kappa shape index (κ3) is 4.89. The number of hydrogen-bond acceptors (Lipinski definition) is 9. The Morgan fingerprint density at radius 2 is 1.94 bits per heavy atom. The highest BCUT2D eigenvalue weighted by molar-refractivity contribution is 5.96. The van der Waals surface area contributed by atoms with Crippen molar-refractivity contribution in [2.45, 2.75) is 37.8 Å². The Morgan fingerprint density at radius 3 is 2.65 bits per heavy atom. The number of morpholine rings is 1. The highest BCUT2D eigenvalue weighted by atomic mass is 16.5. The van der Waals surface area contributed by atoms with Gasteiger partial charge in [0.05, 0.1) is 6.61 Å². The van der Waals surface area contributed by atoms with Gasteiger partial charge in [-0.15, -0.1) is 10.2 Å². The zero-order chi connectivity index (χ0) is 21.8. The van der Waals surface area contributed by atoms with Crippen LogP contribution in [0.5, 0.6) is 0 Å². The van der Waals surface area contributed by atoms with Crippen LogP contribution in [0.25, 0.3) is 0 Å². The smallest absolute Gasteiger partial charge is 0.273 e. The van der Waals surface area contributed by atoms with E-state index in [-0.39, 0.29) is 42.1 Å². The number of carbonyl (C=O) groups is 2. The molecule has 0 unspecified atom stereocenters. The number of ether oxygens (including phenoxy) is 1. The number of carbonyl (C=O) groups excluding carboxylic acids is 2. The molecule has 11 heteroatoms. The first kappa shape index (κ1) is 20.9. The molecule has 0 spiro atoms. The first-order chi connectivity index (χ1) is 15.0. The van der Waals surface area contributed by atoms with Crippen LogP contribution in [-0.2, 0) is 9.53 Å². The van der Waals surface area contributed by atoms with Gasteiger partial charge >= 0.3 is 0 Å². The molecule has 1 aromatic carbocycles. The zero-order valence-electron chi connectivity index (χ0n) is 17.1. The van der Waals surface area contributed by atoms with Crippen LogP contribution in [0.4, 0.5) is 23.1 Å². The number of nitrogens with two attached hydrogens (primary N) is 2. The van der Waals surface area contributed by atoms with Gasteiger partial charge in [0.2, 0.25) is 5.95 Å². The van der Waals surface area contributed by atoms with E-state index in [0.717, 1.165) is 31.4 Å². The van der Waals surface area contributed by atoms with Gasteiger partial charge in [-0.2, -0.15) is 4.98 Å². The lowest BCUT2D eigenvalue weighted by Gasteiger charge is -2.29. The summed E-state index contributed by atoms with van der Waals surface area (Å²) >= 11 is 0. The van der Waals surface area contributed by atoms with Crippen LogP contribution in [0.1, 0.15) is 36.2 Å². The minimum Gasteiger partial charge on any atom is -0.370 e. The third-order valence-corrected chi connectivity index (χ3v) is 5.48. The normalized spacial score (nSPS) is 21.6. The Hall–Kier alpha value is -3.31. The molecular formula is C20H26N8O3. The van der Waals surface area contributed by atoms with Gasteiger partial charge in [-0.1, -0.05) is 12.8 Å². The zero-order valence-corrected chi connectivity index (χ0v) is 17.1. The molecule has 31 heavy (non-hydrogen) atoms. The number of hydrogen-bond donors (Lipinski definition) is 4. The van der Waals surface area contributed by atoms with Crippen molar-refractivity contribution < 1.29 is 14.3 Å².